The maximum absolute atomic E-state index is 11.5. The summed E-state index contributed by atoms with van der Waals surface area (Å²) in [7, 11) is 0.919. The van der Waals surface area contributed by atoms with Crippen LogP contribution in [0.25, 0.3) is 10.9 Å². The number of nitrogens with zero attached hydrogens (tertiary/aromatic N) is 2. The first-order chi connectivity index (χ1) is 14.2. The third kappa shape index (κ3) is 4.25. The maximum Gasteiger partial charge on any atom is 0.229 e. The number of nitrogen functional groups attached to an aromatic ring is 1. The monoisotopic (exact) mass is 434 g/mol. The molecule has 0 spiro atoms. The van der Waals surface area contributed by atoms with Gasteiger partial charge in [-0.2, -0.15) is 0 Å². The highest BCUT2D eigenvalue weighted by Gasteiger charge is 2.21. The first-order valence-corrected chi connectivity index (χ1v) is 10.6. The lowest BCUT2D eigenvalue weighted by molar-refractivity contribution is 0.327. The Bertz CT molecular complexity index is 1210. The standard InChI is InChI=1S/C19H22N4O6S/c1-27-15-9-11-12(21-19(20)22-16(11)18(29-3)17(15)28-2)7-10-5-6-14(24)13(8-10)23-30(4,25)26/h5-6,8-9,23-24H,7H2,1-4H3,(H2,20,21,22). The molecule has 0 amide bonds. The SMILES string of the molecule is COc1cc2c(Cc3ccc(O)c(NS(C)(=O)=O)c3)nc(N)nc2c(OC)c1OC. The Morgan fingerprint density at radius 1 is 1.07 bits per heavy atom. The molecular formula is C19H22N4O6S. The van der Waals surface area contributed by atoms with E-state index in [0.29, 0.717) is 39.4 Å². The number of fused-ring (bicyclic) bond motifs is 1. The van der Waals surface area contributed by atoms with Gasteiger partial charge >= 0.3 is 0 Å². The highest BCUT2D eigenvalue weighted by molar-refractivity contribution is 7.92. The maximum atomic E-state index is 11.5. The van der Waals surface area contributed by atoms with Crippen molar-refractivity contribution in [2.45, 2.75) is 6.42 Å². The number of nitrogens with one attached hydrogen (secondary N) is 1. The van der Waals surface area contributed by atoms with Gasteiger partial charge in [0.1, 0.15) is 11.3 Å². The van der Waals surface area contributed by atoms with Gasteiger partial charge in [-0.25, -0.2) is 18.4 Å². The van der Waals surface area contributed by atoms with Crippen LogP contribution in [-0.4, -0.2) is 51.1 Å². The van der Waals surface area contributed by atoms with Gasteiger partial charge in [-0.3, -0.25) is 4.72 Å². The van der Waals surface area contributed by atoms with Crippen LogP contribution in [0.15, 0.2) is 24.3 Å². The average Bonchev–Trinajstić information content (AvgIpc) is 2.67. The zero-order chi connectivity index (χ0) is 22.1. The van der Waals surface area contributed by atoms with Crippen molar-refractivity contribution in [3.63, 3.8) is 0 Å². The number of anilines is 2. The second-order valence-electron chi connectivity index (χ2n) is 6.47. The molecule has 1 aromatic heterocycles. The molecule has 1 heterocycles. The van der Waals surface area contributed by atoms with Crippen molar-refractivity contribution >= 4 is 32.6 Å². The number of aromatic hydroxyl groups is 1. The quantitative estimate of drug-likeness (QED) is 0.475. The minimum absolute atomic E-state index is 0.0382. The van der Waals surface area contributed by atoms with Crippen molar-refractivity contribution in [1.82, 2.24) is 9.97 Å². The Kier molecular flexibility index (Phi) is 5.74. The lowest BCUT2D eigenvalue weighted by Crippen LogP contribution is -2.10. The van der Waals surface area contributed by atoms with Gasteiger partial charge in [-0.1, -0.05) is 6.07 Å². The fourth-order valence-electron chi connectivity index (χ4n) is 3.11. The number of hydrogen-bond donors (Lipinski definition) is 3. The lowest BCUT2D eigenvalue weighted by Gasteiger charge is -2.16. The van der Waals surface area contributed by atoms with E-state index < -0.39 is 10.0 Å². The summed E-state index contributed by atoms with van der Waals surface area (Å²) >= 11 is 0. The first kappa shape index (κ1) is 21.2. The molecule has 0 unspecified atom stereocenters. The number of hydrogen-bond acceptors (Lipinski definition) is 9. The zero-order valence-electron chi connectivity index (χ0n) is 16.9. The second-order valence-corrected chi connectivity index (χ2v) is 8.22. The molecule has 3 aromatic rings. The van der Waals surface area contributed by atoms with Gasteiger partial charge in [0.2, 0.25) is 21.7 Å². The Balaban J connectivity index is 2.16. The van der Waals surface area contributed by atoms with E-state index in [1.165, 1.54) is 33.5 Å². The average molecular weight is 434 g/mol. The summed E-state index contributed by atoms with van der Waals surface area (Å²) in [6.45, 7) is 0. The van der Waals surface area contributed by atoms with E-state index in [9.17, 15) is 13.5 Å². The van der Waals surface area contributed by atoms with E-state index in [1.54, 1.807) is 12.1 Å². The fourth-order valence-corrected chi connectivity index (χ4v) is 3.68. The number of rotatable bonds is 7. The minimum atomic E-state index is -3.56. The molecule has 0 saturated heterocycles. The summed E-state index contributed by atoms with van der Waals surface area (Å²) in [5.74, 6) is 1.01. The van der Waals surface area contributed by atoms with Crippen LogP contribution < -0.4 is 24.7 Å². The molecule has 0 aliphatic rings. The number of ether oxygens (including phenoxy) is 3. The molecule has 10 nitrogen and oxygen atoms in total. The molecule has 3 rings (SSSR count). The number of phenolic OH excluding ortho intramolecular Hbond substituents is 1. The molecular weight excluding hydrogens is 412 g/mol. The predicted octanol–water partition coefficient (Wildman–Crippen LogP) is 1.91. The summed E-state index contributed by atoms with van der Waals surface area (Å²) in [6.07, 6.45) is 1.28. The lowest BCUT2D eigenvalue weighted by atomic mass is 10.0. The van der Waals surface area contributed by atoms with Crippen molar-refractivity contribution in [3.8, 4) is 23.0 Å². The van der Waals surface area contributed by atoms with Crippen LogP contribution in [0.1, 0.15) is 11.3 Å². The van der Waals surface area contributed by atoms with Gasteiger partial charge < -0.3 is 25.1 Å². The van der Waals surface area contributed by atoms with E-state index in [4.69, 9.17) is 19.9 Å². The van der Waals surface area contributed by atoms with E-state index in [0.717, 1.165) is 6.26 Å². The third-order valence-corrected chi connectivity index (χ3v) is 4.91. The number of aromatic nitrogens is 2. The number of phenols is 1. The van der Waals surface area contributed by atoms with E-state index in [2.05, 4.69) is 14.7 Å². The van der Waals surface area contributed by atoms with Crippen LogP contribution in [0.5, 0.6) is 23.0 Å². The van der Waals surface area contributed by atoms with Crippen LogP contribution in [0.2, 0.25) is 0 Å². The molecule has 0 saturated carbocycles. The Hall–Kier alpha value is -3.47. The summed E-state index contributed by atoms with van der Waals surface area (Å²) in [6, 6.07) is 6.31. The highest BCUT2D eigenvalue weighted by Crippen LogP contribution is 2.43. The van der Waals surface area contributed by atoms with Crippen molar-refractivity contribution < 1.29 is 27.7 Å². The van der Waals surface area contributed by atoms with Crippen LogP contribution in [0.4, 0.5) is 11.6 Å². The molecule has 11 heteroatoms. The van der Waals surface area contributed by atoms with Crippen LogP contribution in [0, 0.1) is 0 Å². The molecule has 4 N–H and O–H groups in total. The molecule has 0 radical (unpaired) electrons. The smallest absolute Gasteiger partial charge is 0.229 e. The van der Waals surface area contributed by atoms with Gasteiger partial charge in [0.25, 0.3) is 0 Å². The summed E-state index contributed by atoms with van der Waals surface area (Å²) in [5.41, 5.74) is 7.69. The Labute approximate surface area is 173 Å². The fraction of sp³-hybridized carbons (Fsp3) is 0.263. The van der Waals surface area contributed by atoms with Crippen LogP contribution in [0.3, 0.4) is 0 Å². The minimum Gasteiger partial charge on any atom is -0.506 e. The Morgan fingerprint density at radius 2 is 1.77 bits per heavy atom. The number of sulfonamides is 1. The van der Waals surface area contributed by atoms with Crippen molar-refractivity contribution in [2.75, 3.05) is 38.0 Å². The molecule has 0 fully saturated rings. The van der Waals surface area contributed by atoms with Crippen molar-refractivity contribution in [2.24, 2.45) is 0 Å². The Morgan fingerprint density at radius 3 is 2.37 bits per heavy atom. The number of nitrogens with two attached hydrogens (primary N) is 1. The largest absolute Gasteiger partial charge is 0.506 e. The summed E-state index contributed by atoms with van der Waals surface area (Å²) < 4.78 is 41.7. The number of methoxy groups -OCH3 is 3. The van der Waals surface area contributed by atoms with Gasteiger partial charge in [0.15, 0.2) is 11.5 Å². The molecule has 160 valence electrons. The molecule has 0 atom stereocenters. The molecule has 0 aliphatic carbocycles. The van der Waals surface area contributed by atoms with E-state index >= 15 is 0 Å². The van der Waals surface area contributed by atoms with Gasteiger partial charge in [-0.15, -0.1) is 0 Å². The van der Waals surface area contributed by atoms with Crippen LogP contribution in [-0.2, 0) is 16.4 Å². The first-order valence-electron chi connectivity index (χ1n) is 8.71. The van der Waals surface area contributed by atoms with Crippen molar-refractivity contribution in [1.29, 1.82) is 0 Å². The molecule has 30 heavy (non-hydrogen) atoms. The summed E-state index contributed by atoms with van der Waals surface area (Å²) in [5, 5.41) is 10.6. The normalized spacial score (nSPS) is 11.3. The molecule has 0 bridgehead atoms. The predicted molar refractivity (Wildman–Crippen MR) is 113 cm³/mol. The highest BCUT2D eigenvalue weighted by atomic mass is 32.2. The number of benzene rings is 2. The van der Waals surface area contributed by atoms with E-state index in [-0.39, 0.29) is 23.8 Å². The van der Waals surface area contributed by atoms with Gasteiger partial charge in [0.05, 0.1) is 39.0 Å². The van der Waals surface area contributed by atoms with Crippen LogP contribution >= 0.6 is 0 Å². The topological polar surface area (TPSA) is 146 Å². The summed E-state index contributed by atoms with van der Waals surface area (Å²) in [4.78, 5) is 8.63. The zero-order valence-corrected chi connectivity index (χ0v) is 17.7. The van der Waals surface area contributed by atoms with Gasteiger partial charge in [0, 0.05) is 11.8 Å². The third-order valence-electron chi connectivity index (χ3n) is 4.32. The second kappa shape index (κ2) is 8.11. The molecule has 2 aromatic carbocycles. The van der Waals surface area contributed by atoms with E-state index in [1.807, 2.05) is 0 Å². The van der Waals surface area contributed by atoms with Crippen molar-refractivity contribution in [3.05, 3.63) is 35.5 Å². The van der Waals surface area contributed by atoms with Gasteiger partial charge in [-0.05, 0) is 23.8 Å². The molecule has 0 aliphatic heterocycles.